The van der Waals surface area contributed by atoms with Gasteiger partial charge in [0, 0.05) is 6.54 Å². The summed E-state index contributed by atoms with van der Waals surface area (Å²) >= 11 is 0. The number of hydrogen-bond donors (Lipinski definition) is 2. The maximum absolute atomic E-state index is 12.8. The highest BCUT2D eigenvalue weighted by Crippen LogP contribution is 2.30. The lowest BCUT2D eigenvalue weighted by molar-refractivity contribution is -0.144. The molecule has 1 aliphatic rings. The summed E-state index contributed by atoms with van der Waals surface area (Å²) in [5, 5.41) is 9.17. The summed E-state index contributed by atoms with van der Waals surface area (Å²) in [4.78, 5) is 11.2. The lowest BCUT2D eigenvalue weighted by Gasteiger charge is -2.28. The van der Waals surface area contributed by atoms with Crippen molar-refractivity contribution in [2.75, 3.05) is 6.54 Å². The Morgan fingerprint density at radius 3 is 2.48 bits per heavy atom. The van der Waals surface area contributed by atoms with Crippen LogP contribution in [-0.4, -0.2) is 26.0 Å². The molecule has 116 valence electrons. The van der Waals surface area contributed by atoms with Crippen LogP contribution < -0.4 is 4.72 Å². The van der Waals surface area contributed by atoms with Gasteiger partial charge in [-0.1, -0.05) is 12.8 Å². The van der Waals surface area contributed by atoms with Crippen molar-refractivity contribution in [1.82, 2.24) is 4.72 Å². The van der Waals surface area contributed by atoms with Crippen LogP contribution in [0.1, 0.15) is 25.7 Å². The Bertz CT molecular complexity index is 600. The number of aliphatic carboxylic acids is 1. The third-order valence-corrected chi connectivity index (χ3v) is 5.33. The molecule has 5 nitrogen and oxygen atoms in total. The molecular weight excluding hydrogens is 297 g/mol. The van der Waals surface area contributed by atoms with Gasteiger partial charge in [-0.3, -0.25) is 4.79 Å². The molecule has 0 aromatic heterocycles. The third kappa shape index (κ3) is 4.01. The minimum atomic E-state index is -3.74. The Kier molecular flexibility index (Phi) is 4.95. The van der Waals surface area contributed by atoms with E-state index in [0.717, 1.165) is 25.0 Å². The maximum Gasteiger partial charge on any atom is 0.306 e. The first kappa shape index (κ1) is 15.9. The number of sulfonamides is 1. The van der Waals surface area contributed by atoms with E-state index >= 15 is 0 Å². The molecule has 0 bridgehead atoms. The number of halogens is 1. The molecule has 0 heterocycles. The van der Waals surface area contributed by atoms with Gasteiger partial charge in [0.2, 0.25) is 10.0 Å². The number of benzene rings is 1. The van der Waals surface area contributed by atoms with E-state index in [9.17, 15) is 17.6 Å². The summed E-state index contributed by atoms with van der Waals surface area (Å²) in [7, 11) is -3.74. The largest absolute Gasteiger partial charge is 0.481 e. The second kappa shape index (κ2) is 6.53. The highest BCUT2D eigenvalue weighted by Gasteiger charge is 2.31. The first-order valence-corrected chi connectivity index (χ1v) is 8.36. The van der Waals surface area contributed by atoms with Crippen LogP contribution in [0.5, 0.6) is 0 Å². The Balaban J connectivity index is 2.03. The summed E-state index contributed by atoms with van der Waals surface area (Å²) in [5.74, 6) is -2.09. The van der Waals surface area contributed by atoms with E-state index < -0.39 is 27.7 Å². The van der Waals surface area contributed by atoms with Gasteiger partial charge in [-0.25, -0.2) is 17.5 Å². The van der Waals surface area contributed by atoms with Crippen molar-refractivity contribution in [3.05, 3.63) is 30.1 Å². The van der Waals surface area contributed by atoms with Crippen molar-refractivity contribution in [3.8, 4) is 0 Å². The predicted octanol–water partition coefficient (Wildman–Crippen LogP) is 2.00. The van der Waals surface area contributed by atoms with E-state index in [1.54, 1.807) is 0 Å². The highest BCUT2D eigenvalue weighted by molar-refractivity contribution is 7.89. The SMILES string of the molecule is O=C(O)[C@H]1CCCC[C@H]1CNS(=O)(=O)c1ccc(F)cc1. The van der Waals surface area contributed by atoms with Crippen molar-refractivity contribution < 1.29 is 22.7 Å². The lowest BCUT2D eigenvalue weighted by Crippen LogP contribution is -2.37. The summed E-state index contributed by atoms with van der Waals surface area (Å²) in [5.41, 5.74) is 0. The molecule has 21 heavy (non-hydrogen) atoms. The standard InChI is InChI=1S/C14H18FNO4S/c15-11-5-7-12(8-6-11)21(19,20)16-9-10-3-1-2-4-13(10)14(17)18/h5-8,10,13,16H,1-4,9H2,(H,17,18)/t10-,13-/m0/s1. The van der Waals surface area contributed by atoms with Crippen LogP contribution in [0.3, 0.4) is 0 Å². The fourth-order valence-electron chi connectivity index (χ4n) is 2.69. The Labute approximate surface area is 123 Å². The molecule has 1 aromatic carbocycles. The van der Waals surface area contributed by atoms with E-state index in [0.29, 0.717) is 12.8 Å². The van der Waals surface area contributed by atoms with Crippen LogP contribution in [0.15, 0.2) is 29.2 Å². The average molecular weight is 315 g/mol. The topological polar surface area (TPSA) is 83.5 Å². The van der Waals surface area contributed by atoms with Crippen molar-refractivity contribution in [2.45, 2.75) is 30.6 Å². The smallest absolute Gasteiger partial charge is 0.306 e. The number of hydrogen-bond acceptors (Lipinski definition) is 3. The van der Waals surface area contributed by atoms with Crippen molar-refractivity contribution >= 4 is 16.0 Å². The van der Waals surface area contributed by atoms with Gasteiger partial charge in [-0.05, 0) is 43.0 Å². The minimum absolute atomic E-state index is 0.0217. The molecule has 2 N–H and O–H groups in total. The predicted molar refractivity (Wildman–Crippen MR) is 74.7 cm³/mol. The molecule has 7 heteroatoms. The number of carboxylic acid groups (broad SMARTS) is 1. The fourth-order valence-corrected chi connectivity index (χ4v) is 3.79. The highest BCUT2D eigenvalue weighted by atomic mass is 32.2. The molecule has 2 rings (SSSR count). The summed E-state index contributed by atoms with van der Waals surface area (Å²) in [6, 6.07) is 4.53. The molecule has 0 aliphatic heterocycles. The monoisotopic (exact) mass is 315 g/mol. The molecule has 1 fully saturated rings. The average Bonchev–Trinajstić information content (AvgIpc) is 2.46. The zero-order valence-corrected chi connectivity index (χ0v) is 12.3. The van der Waals surface area contributed by atoms with Gasteiger partial charge < -0.3 is 5.11 Å². The number of carboxylic acids is 1. The van der Waals surface area contributed by atoms with Crippen LogP contribution >= 0.6 is 0 Å². The van der Waals surface area contributed by atoms with Crippen LogP contribution in [-0.2, 0) is 14.8 Å². The second-order valence-electron chi connectivity index (χ2n) is 5.30. The molecular formula is C14H18FNO4S. The molecule has 0 amide bonds. The van der Waals surface area contributed by atoms with Gasteiger partial charge in [0.05, 0.1) is 10.8 Å². The van der Waals surface area contributed by atoms with Crippen molar-refractivity contribution in [2.24, 2.45) is 11.8 Å². The van der Waals surface area contributed by atoms with Crippen LogP contribution in [0.25, 0.3) is 0 Å². The molecule has 0 saturated heterocycles. The number of carbonyl (C=O) groups is 1. The zero-order chi connectivity index (χ0) is 15.5. The molecule has 1 saturated carbocycles. The molecule has 0 radical (unpaired) electrons. The van der Waals surface area contributed by atoms with Crippen LogP contribution in [0.2, 0.25) is 0 Å². The van der Waals surface area contributed by atoms with Gasteiger partial charge in [0.1, 0.15) is 5.82 Å². The van der Waals surface area contributed by atoms with E-state index in [1.165, 1.54) is 12.1 Å². The minimum Gasteiger partial charge on any atom is -0.481 e. The van der Waals surface area contributed by atoms with Crippen LogP contribution in [0.4, 0.5) is 4.39 Å². The second-order valence-corrected chi connectivity index (χ2v) is 7.06. The quantitative estimate of drug-likeness (QED) is 0.870. The third-order valence-electron chi connectivity index (χ3n) is 3.89. The summed E-state index contributed by atoms with van der Waals surface area (Å²) < 4.78 is 39.4. The Morgan fingerprint density at radius 1 is 1.24 bits per heavy atom. The maximum atomic E-state index is 12.8. The summed E-state index contributed by atoms with van der Waals surface area (Å²) in [6.45, 7) is 0.0939. The molecule has 0 unspecified atom stereocenters. The lowest BCUT2D eigenvalue weighted by atomic mass is 9.79. The van der Waals surface area contributed by atoms with Crippen molar-refractivity contribution in [3.63, 3.8) is 0 Å². The molecule has 1 aromatic rings. The van der Waals surface area contributed by atoms with Gasteiger partial charge >= 0.3 is 5.97 Å². The Morgan fingerprint density at radius 2 is 1.86 bits per heavy atom. The Hall–Kier alpha value is -1.47. The first-order valence-electron chi connectivity index (χ1n) is 6.88. The van der Waals surface area contributed by atoms with E-state index in [2.05, 4.69) is 4.72 Å². The normalized spacial score (nSPS) is 22.9. The first-order chi connectivity index (χ1) is 9.90. The zero-order valence-electron chi connectivity index (χ0n) is 11.5. The van der Waals surface area contributed by atoms with Crippen LogP contribution in [0, 0.1) is 17.7 Å². The van der Waals surface area contributed by atoms with Gasteiger partial charge in [-0.15, -0.1) is 0 Å². The molecule has 1 aliphatic carbocycles. The molecule has 0 spiro atoms. The van der Waals surface area contributed by atoms with Crippen molar-refractivity contribution in [1.29, 1.82) is 0 Å². The van der Waals surface area contributed by atoms with E-state index in [-0.39, 0.29) is 17.4 Å². The van der Waals surface area contributed by atoms with Gasteiger partial charge in [0.15, 0.2) is 0 Å². The van der Waals surface area contributed by atoms with E-state index in [4.69, 9.17) is 5.11 Å². The van der Waals surface area contributed by atoms with Gasteiger partial charge in [0.25, 0.3) is 0 Å². The summed E-state index contributed by atoms with van der Waals surface area (Å²) in [6.07, 6.45) is 3.05. The number of rotatable bonds is 5. The fraction of sp³-hybridized carbons (Fsp3) is 0.500. The van der Waals surface area contributed by atoms with Gasteiger partial charge in [-0.2, -0.15) is 0 Å². The van der Waals surface area contributed by atoms with E-state index in [1.807, 2.05) is 0 Å². The molecule has 2 atom stereocenters. The number of nitrogens with one attached hydrogen (secondary N) is 1.